The summed E-state index contributed by atoms with van der Waals surface area (Å²) in [7, 11) is 0. The molecular weight excluding hydrogens is 256 g/mol. The Balaban J connectivity index is 2.58. The van der Waals surface area contributed by atoms with Crippen molar-refractivity contribution in [2.24, 2.45) is 0 Å². The second-order valence-electron chi connectivity index (χ2n) is 3.42. The monoisotopic (exact) mass is 266 g/mol. The molecular formula is C12H11ClN2O3. The Morgan fingerprint density at radius 1 is 1.44 bits per heavy atom. The Kier molecular flexibility index (Phi) is 5.07. The number of nitrogens with zero attached hydrogens (tertiary/aromatic N) is 1. The van der Waals surface area contributed by atoms with Gasteiger partial charge in [0.25, 0.3) is 5.69 Å². The van der Waals surface area contributed by atoms with Gasteiger partial charge in [0, 0.05) is 23.2 Å². The van der Waals surface area contributed by atoms with Crippen molar-refractivity contribution in [1.82, 2.24) is 5.32 Å². The SMILES string of the molecule is C=C(Cl)CNC(=O)/C=C/c1ccc([N+](=O)[O-])cc1. The van der Waals surface area contributed by atoms with Crippen LogP contribution < -0.4 is 5.32 Å². The predicted molar refractivity (Wildman–Crippen MR) is 70.1 cm³/mol. The minimum absolute atomic E-state index is 0.00930. The average molecular weight is 267 g/mol. The van der Waals surface area contributed by atoms with Crippen LogP contribution in [0.25, 0.3) is 6.08 Å². The van der Waals surface area contributed by atoms with Gasteiger partial charge in [-0.05, 0) is 23.8 Å². The third-order valence-corrected chi connectivity index (χ3v) is 2.12. The van der Waals surface area contributed by atoms with E-state index in [1.54, 1.807) is 18.2 Å². The van der Waals surface area contributed by atoms with E-state index >= 15 is 0 Å². The molecule has 0 aliphatic rings. The number of halogens is 1. The van der Waals surface area contributed by atoms with Crippen molar-refractivity contribution in [3.05, 3.63) is 57.6 Å². The Hall–Kier alpha value is -2.14. The number of nitro groups is 1. The number of hydrogen-bond donors (Lipinski definition) is 1. The number of non-ortho nitro benzene ring substituents is 1. The van der Waals surface area contributed by atoms with Crippen LogP contribution in [-0.2, 0) is 4.79 Å². The molecule has 5 nitrogen and oxygen atoms in total. The average Bonchev–Trinajstić information content (AvgIpc) is 2.34. The minimum Gasteiger partial charge on any atom is -0.348 e. The lowest BCUT2D eigenvalue weighted by Gasteiger charge is -1.98. The predicted octanol–water partition coefficient (Wildman–Crippen LogP) is 2.48. The van der Waals surface area contributed by atoms with E-state index in [-0.39, 0.29) is 18.1 Å². The van der Waals surface area contributed by atoms with Gasteiger partial charge in [0.15, 0.2) is 0 Å². The molecule has 1 N–H and O–H groups in total. The van der Waals surface area contributed by atoms with Gasteiger partial charge < -0.3 is 5.32 Å². The van der Waals surface area contributed by atoms with Crippen LogP contribution in [0.1, 0.15) is 5.56 Å². The van der Waals surface area contributed by atoms with Gasteiger partial charge in [0.1, 0.15) is 0 Å². The summed E-state index contributed by atoms with van der Waals surface area (Å²) in [4.78, 5) is 21.2. The second-order valence-corrected chi connectivity index (χ2v) is 3.95. The molecule has 0 bridgehead atoms. The van der Waals surface area contributed by atoms with E-state index in [2.05, 4.69) is 11.9 Å². The quantitative estimate of drug-likeness (QED) is 0.505. The maximum Gasteiger partial charge on any atom is 0.269 e. The third kappa shape index (κ3) is 4.80. The molecule has 1 amide bonds. The van der Waals surface area contributed by atoms with E-state index in [0.717, 1.165) is 0 Å². The Morgan fingerprint density at radius 2 is 2.06 bits per heavy atom. The van der Waals surface area contributed by atoms with Gasteiger partial charge in [-0.3, -0.25) is 14.9 Å². The molecule has 0 radical (unpaired) electrons. The Bertz CT molecular complexity index is 495. The summed E-state index contributed by atoms with van der Waals surface area (Å²) in [5.41, 5.74) is 0.704. The number of benzene rings is 1. The van der Waals surface area contributed by atoms with Crippen molar-refractivity contribution >= 4 is 29.3 Å². The minimum atomic E-state index is -0.480. The number of carbonyl (C=O) groups excluding carboxylic acids is 1. The lowest BCUT2D eigenvalue weighted by atomic mass is 10.2. The molecule has 0 aliphatic heterocycles. The molecule has 0 unspecified atom stereocenters. The molecule has 1 rings (SSSR count). The fourth-order valence-electron chi connectivity index (χ4n) is 1.12. The first kappa shape index (κ1) is 13.9. The molecule has 94 valence electrons. The fraction of sp³-hybridized carbons (Fsp3) is 0.0833. The normalized spacial score (nSPS) is 10.3. The van der Waals surface area contributed by atoms with Crippen LogP contribution in [0.15, 0.2) is 42.0 Å². The first-order chi connectivity index (χ1) is 8.49. The third-order valence-electron chi connectivity index (χ3n) is 1.99. The highest BCUT2D eigenvalue weighted by molar-refractivity contribution is 6.29. The zero-order valence-electron chi connectivity index (χ0n) is 9.43. The number of amides is 1. The van der Waals surface area contributed by atoms with Crippen molar-refractivity contribution in [2.45, 2.75) is 0 Å². The van der Waals surface area contributed by atoms with E-state index in [4.69, 9.17) is 11.6 Å². The zero-order chi connectivity index (χ0) is 13.5. The Labute approximate surface area is 109 Å². The van der Waals surface area contributed by atoms with Gasteiger partial charge in [-0.1, -0.05) is 18.2 Å². The summed E-state index contributed by atoms with van der Waals surface area (Å²) in [6, 6.07) is 5.86. The zero-order valence-corrected chi connectivity index (χ0v) is 10.2. The van der Waals surface area contributed by atoms with Crippen LogP contribution >= 0.6 is 11.6 Å². The van der Waals surface area contributed by atoms with Crippen molar-refractivity contribution in [1.29, 1.82) is 0 Å². The number of rotatable bonds is 5. The molecule has 0 spiro atoms. The van der Waals surface area contributed by atoms with E-state index in [1.165, 1.54) is 18.2 Å². The van der Waals surface area contributed by atoms with Gasteiger partial charge in [-0.15, -0.1) is 0 Å². The summed E-state index contributed by atoms with van der Waals surface area (Å²) in [5.74, 6) is -0.310. The number of hydrogen-bond acceptors (Lipinski definition) is 3. The van der Waals surface area contributed by atoms with Crippen LogP contribution in [0.4, 0.5) is 5.69 Å². The topological polar surface area (TPSA) is 72.2 Å². The molecule has 18 heavy (non-hydrogen) atoms. The van der Waals surface area contributed by atoms with Gasteiger partial charge in [0.2, 0.25) is 5.91 Å². The number of carbonyl (C=O) groups is 1. The second kappa shape index (κ2) is 6.56. The lowest BCUT2D eigenvalue weighted by Crippen LogP contribution is -2.21. The van der Waals surface area contributed by atoms with Crippen LogP contribution in [0.3, 0.4) is 0 Å². The van der Waals surface area contributed by atoms with Crippen molar-refractivity contribution in [2.75, 3.05) is 6.54 Å². The maximum absolute atomic E-state index is 11.3. The van der Waals surface area contributed by atoms with Gasteiger partial charge in [0.05, 0.1) is 11.5 Å². The molecule has 0 aromatic heterocycles. The van der Waals surface area contributed by atoms with E-state index in [9.17, 15) is 14.9 Å². The number of nitrogens with one attached hydrogen (secondary N) is 1. The Morgan fingerprint density at radius 3 is 2.56 bits per heavy atom. The highest BCUT2D eigenvalue weighted by Crippen LogP contribution is 2.12. The molecule has 0 saturated heterocycles. The van der Waals surface area contributed by atoms with E-state index in [1.807, 2.05) is 0 Å². The van der Waals surface area contributed by atoms with E-state index < -0.39 is 4.92 Å². The van der Waals surface area contributed by atoms with Crippen molar-refractivity contribution in [3.63, 3.8) is 0 Å². The van der Waals surface area contributed by atoms with Crippen LogP contribution in [0.2, 0.25) is 0 Å². The number of nitro benzene ring substituents is 1. The van der Waals surface area contributed by atoms with Gasteiger partial charge in [-0.2, -0.15) is 0 Å². The molecule has 1 aromatic rings. The van der Waals surface area contributed by atoms with Crippen LogP contribution in [0, 0.1) is 10.1 Å². The van der Waals surface area contributed by atoms with Crippen LogP contribution in [-0.4, -0.2) is 17.4 Å². The lowest BCUT2D eigenvalue weighted by molar-refractivity contribution is -0.384. The first-order valence-electron chi connectivity index (χ1n) is 5.02. The highest BCUT2D eigenvalue weighted by atomic mass is 35.5. The molecule has 0 fully saturated rings. The molecule has 0 atom stereocenters. The molecule has 6 heteroatoms. The molecule has 0 saturated carbocycles. The summed E-state index contributed by atoms with van der Waals surface area (Å²) in [5, 5.41) is 13.3. The smallest absolute Gasteiger partial charge is 0.269 e. The largest absolute Gasteiger partial charge is 0.348 e. The molecule has 1 aromatic carbocycles. The first-order valence-corrected chi connectivity index (χ1v) is 5.40. The van der Waals surface area contributed by atoms with Gasteiger partial charge >= 0.3 is 0 Å². The summed E-state index contributed by atoms with van der Waals surface area (Å²) < 4.78 is 0. The van der Waals surface area contributed by atoms with E-state index in [0.29, 0.717) is 10.6 Å². The molecule has 0 heterocycles. The summed E-state index contributed by atoms with van der Waals surface area (Å²) >= 11 is 5.49. The van der Waals surface area contributed by atoms with Crippen molar-refractivity contribution < 1.29 is 9.72 Å². The van der Waals surface area contributed by atoms with Crippen LogP contribution in [0.5, 0.6) is 0 Å². The summed E-state index contributed by atoms with van der Waals surface area (Å²) in [6.07, 6.45) is 2.87. The maximum atomic E-state index is 11.3. The van der Waals surface area contributed by atoms with Gasteiger partial charge in [-0.25, -0.2) is 0 Å². The summed E-state index contributed by atoms with van der Waals surface area (Å²) in [6.45, 7) is 3.63. The fourth-order valence-corrected chi connectivity index (χ4v) is 1.19. The van der Waals surface area contributed by atoms with Crippen molar-refractivity contribution in [3.8, 4) is 0 Å². The molecule has 0 aliphatic carbocycles. The standard InChI is InChI=1S/C12H11ClN2O3/c1-9(13)8-14-12(16)7-4-10-2-5-11(6-3-10)15(17)18/h2-7H,1,8H2,(H,14,16)/b7-4+. The highest BCUT2D eigenvalue weighted by Gasteiger charge is 2.02.